The van der Waals surface area contributed by atoms with Crippen molar-refractivity contribution >= 4 is 16.8 Å². The zero-order chi connectivity index (χ0) is 24.4. The van der Waals surface area contributed by atoms with Crippen molar-refractivity contribution in [3.63, 3.8) is 0 Å². The smallest absolute Gasteiger partial charge is 0.296 e. The third-order valence-corrected chi connectivity index (χ3v) is 6.46. The van der Waals surface area contributed by atoms with Crippen LogP contribution in [0.5, 0.6) is 0 Å². The summed E-state index contributed by atoms with van der Waals surface area (Å²) in [5, 5.41) is 11.6. The molecule has 1 N–H and O–H groups in total. The minimum Gasteiger partial charge on any atom is -0.375 e. The Bertz CT molecular complexity index is 1150. The van der Waals surface area contributed by atoms with Crippen molar-refractivity contribution in [2.75, 3.05) is 19.7 Å². The first-order valence-electron chi connectivity index (χ1n) is 11.8. The van der Waals surface area contributed by atoms with Gasteiger partial charge in [-0.05, 0) is 57.4 Å². The summed E-state index contributed by atoms with van der Waals surface area (Å²) in [6.07, 6.45) is 4.23. The van der Waals surface area contributed by atoms with Gasteiger partial charge in [-0.1, -0.05) is 12.1 Å². The van der Waals surface area contributed by atoms with Gasteiger partial charge >= 0.3 is 0 Å². The number of carbonyl (C=O) groups excluding carboxylic acids is 1. The lowest BCUT2D eigenvalue weighted by molar-refractivity contribution is -0.0606. The second-order valence-electron chi connectivity index (χ2n) is 9.41. The van der Waals surface area contributed by atoms with Crippen LogP contribution in [0.25, 0.3) is 10.9 Å². The third-order valence-electron chi connectivity index (χ3n) is 6.46. The normalized spacial score (nSPS) is 14.1. The van der Waals surface area contributed by atoms with Gasteiger partial charge in [0.05, 0.1) is 31.5 Å². The molecule has 1 aliphatic rings. The van der Waals surface area contributed by atoms with Crippen LogP contribution in [0.2, 0.25) is 0 Å². The van der Waals surface area contributed by atoms with Gasteiger partial charge < -0.3 is 9.30 Å². The Hall–Kier alpha value is -2.81. The Labute approximate surface area is 199 Å². The molecule has 0 spiro atoms. The first-order chi connectivity index (χ1) is 16.3. The van der Waals surface area contributed by atoms with Gasteiger partial charge in [-0.3, -0.25) is 14.9 Å². The number of fused-ring (bicyclic) bond motifs is 3. The molecule has 0 unspecified atom stereocenters. The summed E-state index contributed by atoms with van der Waals surface area (Å²) < 4.78 is 21.6. The number of ether oxygens (including phenoxy) is 1. The van der Waals surface area contributed by atoms with Gasteiger partial charge in [0.1, 0.15) is 11.5 Å². The highest BCUT2D eigenvalue weighted by Gasteiger charge is 2.28. The van der Waals surface area contributed by atoms with E-state index in [1.807, 2.05) is 6.20 Å². The number of benzene rings is 1. The van der Waals surface area contributed by atoms with E-state index in [1.54, 1.807) is 18.3 Å². The van der Waals surface area contributed by atoms with Crippen LogP contribution in [-0.2, 0) is 24.3 Å². The number of nitrogens with zero attached hydrogens (tertiary/aromatic N) is 4. The molecule has 0 saturated carbocycles. The summed E-state index contributed by atoms with van der Waals surface area (Å²) in [4.78, 5) is 19.3. The topological polar surface area (TPSA) is 70.8 Å². The van der Waals surface area contributed by atoms with Crippen molar-refractivity contribution in [1.29, 1.82) is 0 Å². The number of amides is 1. The fourth-order valence-electron chi connectivity index (χ4n) is 4.80. The quantitative estimate of drug-likeness (QED) is 0.376. The molecule has 2 aromatic heterocycles. The summed E-state index contributed by atoms with van der Waals surface area (Å²) in [7, 11) is 0. The van der Waals surface area contributed by atoms with Crippen LogP contribution in [0.15, 0.2) is 36.7 Å². The van der Waals surface area contributed by atoms with Crippen molar-refractivity contribution in [3.8, 4) is 0 Å². The van der Waals surface area contributed by atoms with E-state index in [4.69, 9.17) is 4.74 Å². The fraction of sp³-hybridized carbons (Fsp3) is 0.462. The molecular weight excluding hydrogens is 435 g/mol. The van der Waals surface area contributed by atoms with Crippen molar-refractivity contribution in [3.05, 3.63) is 64.9 Å². The molecule has 1 amide bonds. The summed E-state index contributed by atoms with van der Waals surface area (Å²) in [6.45, 7) is 11.4. The maximum atomic E-state index is 13.4. The van der Waals surface area contributed by atoms with E-state index in [0.717, 1.165) is 39.2 Å². The van der Waals surface area contributed by atoms with E-state index in [9.17, 15) is 14.4 Å². The first-order valence-corrected chi connectivity index (χ1v) is 11.8. The molecule has 34 heavy (non-hydrogen) atoms. The minimum atomic E-state index is -0.481. The number of aromatic nitrogens is 2. The Kier molecular flexibility index (Phi) is 7.30. The minimum absolute atomic E-state index is 0.230. The predicted octanol–water partition coefficient (Wildman–Crippen LogP) is 4.25. The van der Waals surface area contributed by atoms with Gasteiger partial charge in [0, 0.05) is 42.3 Å². The second kappa shape index (κ2) is 10.2. The summed E-state index contributed by atoms with van der Waals surface area (Å²) in [5.41, 5.74) is 3.97. The fourth-order valence-corrected chi connectivity index (χ4v) is 4.80. The molecule has 1 aromatic carbocycles. The molecule has 1 aliphatic heterocycles. The van der Waals surface area contributed by atoms with Crippen LogP contribution in [0.3, 0.4) is 0 Å². The lowest BCUT2D eigenvalue weighted by atomic mass is 9.99. The number of hydroxylamine groups is 2. The molecule has 3 heterocycles. The van der Waals surface area contributed by atoms with Crippen LogP contribution in [0, 0.1) is 5.82 Å². The highest BCUT2D eigenvalue weighted by molar-refractivity contribution is 6.00. The molecule has 0 fully saturated rings. The highest BCUT2D eigenvalue weighted by Crippen LogP contribution is 2.31. The van der Waals surface area contributed by atoms with Gasteiger partial charge in [-0.15, -0.1) is 0 Å². The van der Waals surface area contributed by atoms with Crippen molar-refractivity contribution in [1.82, 2.24) is 19.5 Å². The number of hydrogen-bond donors (Lipinski definition) is 1. The highest BCUT2D eigenvalue weighted by atomic mass is 19.1. The van der Waals surface area contributed by atoms with E-state index < -0.39 is 5.91 Å². The first kappa shape index (κ1) is 24.3. The van der Waals surface area contributed by atoms with E-state index in [0.29, 0.717) is 38.3 Å². The number of carbonyl (C=O) groups is 1. The van der Waals surface area contributed by atoms with Gasteiger partial charge in [-0.2, -0.15) is 0 Å². The molecule has 0 bridgehead atoms. The Morgan fingerprint density at radius 2 is 1.88 bits per heavy atom. The van der Waals surface area contributed by atoms with E-state index >= 15 is 0 Å². The number of halogens is 1. The average molecular weight is 469 g/mol. The molecule has 0 radical (unpaired) electrons. The maximum Gasteiger partial charge on any atom is 0.296 e. The van der Waals surface area contributed by atoms with Gasteiger partial charge in [0.25, 0.3) is 5.91 Å². The van der Waals surface area contributed by atoms with Crippen LogP contribution in [-0.4, -0.2) is 62.4 Å². The molecule has 4 rings (SSSR count). The third kappa shape index (κ3) is 4.99. The number of rotatable bonds is 9. The van der Waals surface area contributed by atoms with Crippen LogP contribution in [0.1, 0.15) is 54.9 Å². The number of hydrogen-bond acceptors (Lipinski definition) is 5. The van der Waals surface area contributed by atoms with Crippen LogP contribution < -0.4 is 0 Å². The van der Waals surface area contributed by atoms with Crippen molar-refractivity contribution in [2.45, 2.75) is 59.4 Å². The molecule has 0 saturated heterocycles. The molecule has 0 atom stereocenters. The Morgan fingerprint density at radius 3 is 2.56 bits per heavy atom. The molecule has 7 nitrogen and oxygen atoms in total. The lowest BCUT2D eigenvalue weighted by Crippen LogP contribution is -2.39. The van der Waals surface area contributed by atoms with Crippen molar-refractivity contribution in [2.24, 2.45) is 0 Å². The Balaban J connectivity index is 1.64. The van der Waals surface area contributed by atoms with Gasteiger partial charge in [0.15, 0.2) is 0 Å². The Morgan fingerprint density at radius 1 is 1.18 bits per heavy atom. The molecular formula is C26H33FN4O3. The van der Waals surface area contributed by atoms with Gasteiger partial charge in [-0.25, -0.2) is 14.4 Å². The van der Waals surface area contributed by atoms with Gasteiger partial charge in [0.2, 0.25) is 0 Å². The standard InChI is InChI=1S/C26H33FN4O3/c1-17(2)30(18(3)4)11-12-34-16-20-15-29(14-19-5-7-21(27)8-6-19)23-13-28-25-22(24(20)23)9-10-31(33)26(25)32/h5-8,13,15,17-18,33H,9-12,14,16H2,1-4H3. The molecule has 3 aromatic rings. The summed E-state index contributed by atoms with van der Waals surface area (Å²) in [5.74, 6) is -0.749. The van der Waals surface area contributed by atoms with E-state index in [-0.39, 0.29) is 18.1 Å². The zero-order valence-corrected chi connectivity index (χ0v) is 20.3. The van der Waals surface area contributed by atoms with E-state index in [2.05, 4.69) is 42.1 Å². The van der Waals surface area contributed by atoms with Crippen molar-refractivity contribution < 1.29 is 19.1 Å². The molecule has 182 valence electrons. The number of pyridine rings is 1. The van der Waals surface area contributed by atoms with E-state index in [1.165, 1.54) is 12.1 Å². The molecule has 0 aliphatic carbocycles. The zero-order valence-electron chi connectivity index (χ0n) is 20.3. The molecule has 8 heteroatoms. The average Bonchev–Trinajstić information content (AvgIpc) is 3.14. The summed E-state index contributed by atoms with van der Waals surface area (Å²) >= 11 is 0. The SMILES string of the molecule is CC(C)N(CCOCc1cn(Cc2ccc(F)cc2)c2cnc3c(c12)CCN(O)C3=O)C(C)C. The predicted molar refractivity (Wildman–Crippen MR) is 128 cm³/mol. The largest absolute Gasteiger partial charge is 0.375 e. The second-order valence-corrected chi connectivity index (χ2v) is 9.41. The monoisotopic (exact) mass is 468 g/mol. The van der Waals surface area contributed by atoms with Crippen LogP contribution in [0.4, 0.5) is 4.39 Å². The lowest BCUT2D eigenvalue weighted by Gasteiger charge is -2.30. The van der Waals surface area contributed by atoms with Crippen LogP contribution >= 0.6 is 0 Å². The summed E-state index contributed by atoms with van der Waals surface area (Å²) in [6, 6.07) is 7.31. The maximum absolute atomic E-state index is 13.4.